The first-order valence-electron chi connectivity index (χ1n) is 8.57. The molecule has 1 N–H and O–H groups in total. The molecule has 1 aromatic heterocycles. The van der Waals surface area contributed by atoms with Crippen LogP contribution in [-0.4, -0.2) is 23.6 Å². The number of nitrogens with one attached hydrogen (secondary N) is 1. The van der Waals surface area contributed by atoms with Crippen molar-refractivity contribution in [1.29, 1.82) is 0 Å². The highest BCUT2D eigenvalue weighted by Crippen LogP contribution is 2.41. The molecule has 3 nitrogen and oxygen atoms in total. The highest BCUT2D eigenvalue weighted by molar-refractivity contribution is 5.22. The molecule has 1 saturated carbocycles. The van der Waals surface area contributed by atoms with E-state index < -0.39 is 0 Å². The van der Waals surface area contributed by atoms with E-state index in [1.165, 1.54) is 43.4 Å². The van der Waals surface area contributed by atoms with Crippen LogP contribution < -0.4 is 5.32 Å². The molecule has 2 aliphatic rings. The normalized spacial score (nSPS) is 25.6. The van der Waals surface area contributed by atoms with Crippen molar-refractivity contribution in [3.8, 4) is 0 Å². The Labute approximate surface area is 129 Å². The Morgan fingerprint density at radius 1 is 1.24 bits per heavy atom. The van der Waals surface area contributed by atoms with E-state index in [2.05, 4.69) is 25.4 Å². The van der Waals surface area contributed by atoms with Crippen molar-refractivity contribution in [1.82, 2.24) is 15.3 Å². The first-order chi connectivity index (χ1) is 10.1. The van der Waals surface area contributed by atoms with Gasteiger partial charge < -0.3 is 5.32 Å². The second-order valence-corrected chi connectivity index (χ2v) is 7.81. The quantitative estimate of drug-likeness (QED) is 0.925. The largest absolute Gasteiger partial charge is 0.319 e. The molecule has 0 amide bonds. The fourth-order valence-electron chi connectivity index (χ4n) is 3.92. The van der Waals surface area contributed by atoms with Crippen molar-refractivity contribution in [2.75, 3.05) is 13.6 Å². The van der Waals surface area contributed by atoms with Crippen LogP contribution in [0.5, 0.6) is 0 Å². The van der Waals surface area contributed by atoms with E-state index in [0.717, 1.165) is 31.1 Å². The highest BCUT2D eigenvalue weighted by Gasteiger charge is 2.29. The summed E-state index contributed by atoms with van der Waals surface area (Å²) in [5, 5.41) is 3.30. The van der Waals surface area contributed by atoms with Crippen LogP contribution in [0.25, 0.3) is 0 Å². The zero-order chi connectivity index (χ0) is 14.9. The summed E-state index contributed by atoms with van der Waals surface area (Å²) < 4.78 is 0. The molecule has 0 saturated heterocycles. The maximum absolute atomic E-state index is 4.95. The van der Waals surface area contributed by atoms with Crippen LogP contribution in [0.4, 0.5) is 0 Å². The second-order valence-electron chi connectivity index (χ2n) is 7.81. The zero-order valence-corrected chi connectivity index (χ0v) is 13.8. The Balaban J connectivity index is 1.70. The predicted molar refractivity (Wildman–Crippen MR) is 86.5 cm³/mol. The molecule has 3 rings (SSSR count). The molecule has 1 aromatic rings. The average molecular weight is 287 g/mol. The van der Waals surface area contributed by atoms with Crippen molar-refractivity contribution < 1.29 is 0 Å². The lowest BCUT2D eigenvalue weighted by Crippen LogP contribution is -2.26. The van der Waals surface area contributed by atoms with E-state index >= 15 is 0 Å². The topological polar surface area (TPSA) is 37.8 Å². The summed E-state index contributed by atoms with van der Waals surface area (Å²) in [6.45, 7) is 5.89. The minimum Gasteiger partial charge on any atom is -0.319 e. The van der Waals surface area contributed by atoms with Gasteiger partial charge in [0, 0.05) is 17.8 Å². The number of hydrogen-bond acceptors (Lipinski definition) is 3. The maximum Gasteiger partial charge on any atom is 0.131 e. The summed E-state index contributed by atoms with van der Waals surface area (Å²) in [6.07, 6.45) is 10.8. The third-order valence-corrected chi connectivity index (χ3v) is 5.47. The fourth-order valence-corrected chi connectivity index (χ4v) is 3.92. The lowest BCUT2D eigenvalue weighted by Gasteiger charge is -2.34. The molecule has 1 unspecified atom stereocenters. The number of hydrogen-bond donors (Lipinski definition) is 1. The van der Waals surface area contributed by atoms with Gasteiger partial charge in [0.05, 0.1) is 0 Å². The van der Waals surface area contributed by atoms with Crippen LogP contribution in [0.2, 0.25) is 0 Å². The third-order valence-electron chi connectivity index (χ3n) is 5.47. The van der Waals surface area contributed by atoms with Crippen molar-refractivity contribution in [3.63, 3.8) is 0 Å². The second kappa shape index (κ2) is 6.04. The van der Waals surface area contributed by atoms with Gasteiger partial charge in [-0.2, -0.15) is 0 Å². The summed E-state index contributed by atoms with van der Waals surface area (Å²) in [7, 11) is 2.04. The number of rotatable bonds is 3. The molecule has 116 valence electrons. The van der Waals surface area contributed by atoms with Crippen LogP contribution in [0, 0.1) is 11.3 Å². The SMILES string of the molecule is CNCC1CCc2nc(C3CCC(C)(C)CC3)ncc2C1. The molecule has 0 aromatic carbocycles. The maximum atomic E-state index is 4.95. The Hall–Kier alpha value is -0.960. The van der Waals surface area contributed by atoms with E-state index in [1.807, 2.05) is 7.05 Å². The van der Waals surface area contributed by atoms with Gasteiger partial charge in [-0.1, -0.05) is 13.8 Å². The predicted octanol–water partition coefficient (Wildman–Crippen LogP) is 3.48. The van der Waals surface area contributed by atoms with Crippen LogP contribution in [-0.2, 0) is 12.8 Å². The van der Waals surface area contributed by atoms with Crippen LogP contribution in [0.1, 0.15) is 69.0 Å². The van der Waals surface area contributed by atoms with Crippen LogP contribution in [0.3, 0.4) is 0 Å². The Kier molecular flexibility index (Phi) is 4.30. The summed E-state index contributed by atoms with van der Waals surface area (Å²) >= 11 is 0. The van der Waals surface area contributed by atoms with E-state index in [-0.39, 0.29) is 0 Å². The van der Waals surface area contributed by atoms with Gasteiger partial charge >= 0.3 is 0 Å². The molecule has 21 heavy (non-hydrogen) atoms. The molecule has 0 aliphatic heterocycles. The summed E-state index contributed by atoms with van der Waals surface area (Å²) in [4.78, 5) is 9.67. The first-order valence-corrected chi connectivity index (χ1v) is 8.57. The van der Waals surface area contributed by atoms with Crippen molar-refractivity contribution >= 4 is 0 Å². The molecule has 3 heteroatoms. The molecule has 1 fully saturated rings. The van der Waals surface area contributed by atoms with E-state index in [1.54, 1.807) is 0 Å². The first kappa shape index (κ1) is 15.0. The van der Waals surface area contributed by atoms with Gasteiger partial charge in [-0.25, -0.2) is 9.97 Å². The molecular weight excluding hydrogens is 258 g/mol. The van der Waals surface area contributed by atoms with Crippen molar-refractivity contribution in [3.05, 3.63) is 23.3 Å². The van der Waals surface area contributed by atoms with E-state index in [4.69, 9.17) is 9.97 Å². The number of fused-ring (bicyclic) bond motifs is 1. The number of nitrogens with zero attached hydrogens (tertiary/aromatic N) is 2. The van der Waals surface area contributed by atoms with Gasteiger partial charge in [-0.15, -0.1) is 0 Å². The fraction of sp³-hybridized carbons (Fsp3) is 0.778. The monoisotopic (exact) mass is 287 g/mol. The molecule has 0 bridgehead atoms. The van der Waals surface area contributed by atoms with Gasteiger partial charge in [-0.05, 0) is 75.4 Å². The minimum atomic E-state index is 0.519. The lowest BCUT2D eigenvalue weighted by molar-refractivity contribution is 0.220. The summed E-state index contributed by atoms with van der Waals surface area (Å²) in [6, 6.07) is 0. The molecule has 0 radical (unpaired) electrons. The van der Waals surface area contributed by atoms with Crippen LogP contribution >= 0.6 is 0 Å². The molecule has 1 atom stereocenters. The zero-order valence-electron chi connectivity index (χ0n) is 13.8. The summed E-state index contributed by atoms with van der Waals surface area (Å²) in [5.74, 6) is 2.47. The van der Waals surface area contributed by atoms with Gasteiger partial charge in [-0.3, -0.25) is 0 Å². The number of aryl methyl sites for hydroxylation is 1. The standard InChI is InChI=1S/C18H29N3/c1-18(2)8-6-14(7-9-18)17-20-12-15-10-13(11-19-3)4-5-16(15)21-17/h12-14,19H,4-11H2,1-3H3. The smallest absolute Gasteiger partial charge is 0.131 e. The van der Waals surface area contributed by atoms with Gasteiger partial charge in [0.1, 0.15) is 5.82 Å². The van der Waals surface area contributed by atoms with Crippen molar-refractivity contribution in [2.24, 2.45) is 11.3 Å². The molecule has 0 spiro atoms. The molecule has 1 heterocycles. The van der Waals surface area contributed by atoms with Gasteiger partial charge in [0.25, 0.3) is 0 Å². The van der Waals surface area contributed by atoms with E-state index in [9.17, 15) is 0 Å². The average Bonchev–Trinajstić information content (AvgIpc) is 2.47. The van der Waals surface area contributed by atoms with Gasteiger partial charge in [0.15, 0.2) is 0 Å². The number of aromatic nitrogens is 2. The lowest BCUT2D eigenvalue weighted by atomic mass is 9.73. The molecular formula is C18H29N3. The third kappa shape index (κ3) is 3.45. The minimum absolute atomic E-state index is 0.519. The van der Waals surface area contributed by atoms with Crippen molar-refractivity contribution in [2.45, 2.75) is 64.7 Å². The van der Waals surface area contributed by atoms with Crippen LogP contribution in [0.15, 0.2) is 6.20 Å². The van der Waals surface area contributed by atoms with Gasteiger partial charge in [0.2, 0.25) is 0 Å². The molecule has 2 aliphatic carbocycles. The van der Waals surface area contributed by atoms with E-state index in [0.29, 0.717) is 11.3 Å². The Morgan fingerprint density at radius 2 is 2.00 bits per heavy atom. The Morgan fingerprint density at radius 3 is 2.71 bits per heavy atom. The highest BCUT2D eigenvalue weighted by atomic mass is 14.9. The summed E-state index contributed by atoms with van der Waals surface area (Å²) in [5.41, 5.74) is 3.24. The Bertz CT molecular complexity index is 485.